The van der Waals surface area contributed by atoms with E-state index < -0.39 is 40.4 Å². The molecule has 2 saturated heterocycles. The predicted octanol–water partition coefficient (Wildman–Crippen LogP) is 8.03. The van der Waals surface area contributed by atoms with Gasteiger partial charge in [0.15, 0.2) is 0 Å². The number of alkyl halides is 5. The van der Waals surface area contributed by atoms with Gasteiger partial charge in [0.25, 0.3) is 5.91 Å². The van der Waals surface area contributed by atoms with Gasteiger partial charge in [0.1, 0.15) is 28.1 Å². The van der Waals surface area contributed by atoms with Gasteiger partial charge in [0, 0.05) is 50.6 Å². The fraction of sp³-hybridized carbons (Fsp3) is 0.561. The summed E-state index contributed by atoms with van der Waals surface area (Å²) in [5.41, 5.74) is -2.05. The molecule has 9 nitrogen and oxygen atoms in total. The van der Waals surface area contributed by atoms with Crippen molar-refractivity contribution in [2.75, 3.05) is 32.8 Å². The van der Waals surface area contributed by atoms with Crippen molar-refractivity contribution in [3.05, 3.63) is 82.9 Å². The van der Waals surface area contributed by atoms with Crippen LogP contribution in [0.3, 0.4) is 0 Å². The fourth-order valence-corrected chi connectivity index (χ4v) is 8.59. The normalized spacial score (nSPS) is 21.5. The van der Waals surface area contributed by atoms with E-state index in [1.165, 1.54) is 23.2 Å². The van der Waals surface area contributed by atoms with Gasteiger partial charge in [-0.2, -0.15) is 18.3 Å². The largest absolute Gasteiger partial charge is 0.493 e. The number of hydrogen-bond acceptors (Lipinski definition) is 6. The van der Waals surface area contributed by atoms with Crippen molar-refractivity contribution in [2.24, 2.45) is 16.7 Å². The highest BCUT2D eigenvalue weighted by atomic mass is 19.4. The molecule has 2 amide bonds. The number of ether oxygens (including phenoxy) is 2. The molecule has 2 aromatic carbocycles. The van der Waals surface area contributed by atoms with Crippen LogP contribution < -0.4 is 4.74 Å². The summed E-state index contributed by atoms with van der Waals surface area (Å²) in [6.45, 7) is 6.09. The third kappa shape index (κ3) is 8.00. The minimum atomic E-state index is -4.65. The Morgan fingerprint density at radius 3 is 2.20 bits per heavy atom. The average Bonchev–Trinajstić information content (AvgIpc) is 3.67. The highest BCUT2D eigenvalue weighted by Crippen LogP contribution is 2.60. The van der Waals surface area contributed by atoms with Gasteiger partial charge in [-0.3, -0.25) is 14.3 Å². The van der Waals surface area contributed by atoms with Crippen molar-refractivity contribution < 1.29 is 50.2 Å². The van der Waals surface area contributed by atoms with Crippen LogP contribution in [0.5, 0.6) is 5.75 Å². The minimum absolute atomic E-state index is 0.0485. The first-order valence-electron chi connectivity index (χ1n) is 19.1. The molecule has 3 heterocycles. The first-order chi connectivity index (χ1) is 26.3. The van der Waals surface area contributed by atoms with Crippen LogP contribution in [0.15, 0.2) is 54.9 Å². The van der Waals surface area contributed by atoms with Crippen LogP contribution in [0.2, 0.25) is 0 Å². The van der Waals surface area contributed by atoms with E-state index in [2.05, 4.69) is 5.10 Å². The number of carbonyl (C=O) groups excluding carboxylic acids is 3. The second kappa shape index (κ2) is 14.4. The molecule has 2 aliphatic carbocycles. The summed E-state index contributed by atoms with van der Waals surface area (Å²) in [5, 5.41) is 4.30. The van der Waals surface area contributed by atoms with Crippen molar-refractivity contribution in [1.29, 1.82) is 0 Å². The van der Waals surface area contributed by atoms with E-state index in [1.807, 2.05) is 0 Å². The Morgan fingerprint density at radius 2 is 1.57 bits per heavy atom. The second-order valence-electron chi connectivity index (χ2n) is 17.0. The summed E-state index contributed by atoms with van der Waals surface area (Å²) in [6, 6.07) is 11.0. The van der Waals surface area contributed by atoms with E-state index in [0.29, 0.717) is 24.1 Å². The molecule has 0 radical (unpaired) electrons. The molecule has 302 valence electrons. The summed E-state index contributed by atoms with van der Waals surface area (Å²) in [7, 11) is 0. The SMILES string of the molecule is CC(C)(C)OC(=O)c1c(OCCC2CN(C(=O)c3cnn(Cc4ccc(F)cc4)c3)CC23CN(C(=O)C2(C(F)(F)F)CC2)C3)cccc1C1CCC(F)(F)CC1. The lowest BCUT2D eigenvalue weighted by Crippen LogP contribution is -2.64. The second-order valence-corrected chi connectivity index (χ2v) is 17.0. The van der Waals surface area contributed by atoms with Crippen molar-refractivity contribution in [3.8, 4) is 5.75 Å². The lowest BCUT2D eigenvalue weighted by Gasteiger charge is -2.52. The van der Waals surface area contributed by atoms with E-state index in [4.69, 9.17) is 9.47 Å². The first kappa shape index (κ1) is 39.7. The molecule has 1 spiro atoms. The molecule has 4 fully saturated rings. The van der Waals surface area contributed by atoms with E-state index in [-0.39, 0.29) is 106 Å². The molecule has 2 saturated carbocycles. The van der Waals surface area contributed by atoms with Gasteiger partial charge < -0.3 is 19.3 Å². The predicted molar refractivity (Wildman–Crippen MR) is 192 cm³/mol. The maximum Gasteiger partial charge on any atom is 0.403 e. The van der Waals surface area contributed by atoms with E-state index in [0.717, 1.165) is 5.56 Å². The summed E-state index contributed by atoms with van der Waals surface area (Å²) in [4.78, 5) is 43.6. The quantitative estimate of drug-likeness (QED) is 0.153. The Bertz CT molecular complexity index is 1950. The maximum atomic E-state index is 14.1. The van der Waals surface area contributed by atoms with Crippen molar-refractivity contribution in [3.63, 3.8) is 0 Å². The third-order valence-electron chi connectivity index (χ3n) is 11.8. The topological polar surface area (TPSA) is 94.0 Å². The van der Waals surface area contributed by atoms with Crippen LogP contribution in [0, 0.1) is 22.6 Å². The van der Waals surface area contributed by atoms with Crippen LogP contribution in [0.25, 0.3) is 0 Å². The molecule has 3 aromatic rings. The molecular weight excluding hydrogens is 742 g/mol. The summed E-state index contributed by atoms with van der Waals surface area (Å²) < 4.78 is 96.9. The number of esters is 1. The van der Waals surface area contributed by atoms with Gasteiger partial charge in [-0.15, -0.1) is 0 Å². The molecular formula is C41H46F6N4O5. The molecule has 7 rings (SSSR count). The summed E-state index contributed by atoms with van der Waals surface area (Å²) >= 11 is 0. The monoisotopic (exact) mass is 788 g/mol. The zero-order chi connectivity index (χ0) is 40.3. The molecule has 15 heteroatoms. The fourth-order valence-electron chi connectivity index (χ4n) is 8.59. The average molecular weight is 789 g/mol. The Balaban J connectivity index is 1.09. The molecule has 56 heavy (non-hydrogen) atoms. The summed E-state index contributed by atoms with van der Waals surface area (Å²) in [5.74, 6) is -5.38. The highest BCUT2D eigenvalue weighted by Gasteiger charge is 2.71. The smallest absolute Gasteiger partial charge is 0.403 e. The van der Waals surface area contributed by atoms with Crippen LogP contribution in [-0.2, 0) is 16.1 Å². The van der Waals surface area contributed by atoms with Crippen LogP contribution in [0.1, 0.15) is 103 Å². The van der Waals surface area contributed by atoms with Crippen LogP contribution in [0.4, 0.5) is 26.3 Å². The van der Waals surface area contributed by atoms with Crippen molar-refractivity contribution >= 4 is 17.8 Å². The van der Waals surface area contributed by atoms with Gasteiger partial charge in [0.05, 0.1) is 24.9 Å². The highest BCUT2D eigenvalue weighted by molar-refractivity contribution is 5.95. The number of nitrogens with zero attached hydrogens (tertiary/aromatic N) is 4. The number of carbonyl (C=O) groups is 3. The molecule has 0 bridgehead atoms. The van der Waals surface area contributed by atoms with Gasteiger partial charge >= 0.3 is 12.1 Å². The number of amides is 2. The van der Waals surface area contributed by atoms with E-state index in [9.17, 15) is 40.7 Å². The van der Waals surface area contributed by atoms with Crippen molar-refractivity contribution in [1.82, 2.24) is 19.6 Å². The van der Waals surface area contributed by atoms with Gasteiger partial charge in [-0.05, 0) is 94.0 Å². The lowest BCUT2D eigenvalue weighted by molar-refractivity contribution is -0.205. The number of benzene rings is 2. The zero-order valence-corrected chi connectivity index (χ0v) is 31.6. The maximum absolute atomic E-state index is 14.1. The van der Waals surface area contributed by atoms with Crippen molar-refractivity contribution in [2.45, 2.75) is 95.9 Å². The summed E-state index contributed by atoms with van der Waals surface area (Å²) in [6.07, 6.45) is -1.99. The zero-order valence-electron chi connectivity index (χ0n) is 31.6. The van der Waals surface area contributed by atoms with Gasteiger partial charge in [-0.1, -0.05) is 24.3 Å². The lowest BCUT2D eigenvalue weighted by atomic mass is 9.70. The minimum Gasteiger partial charge on any atom is -0.493 e. The Morgan fingerprint density at radius 1 is 0.911 bits per heavy atom. The molecule has 0 N–H and O–H groups in total. The third-order valence-corrected chi connectivity index (χ3v) is 11.8. The molecule has 1 atom stereocenters. The van der Waals surface area contributed by atoms with Gasteiger partial charge in [0.2, 0.25) is 11.8 Å². The number of likely N-dealkylation sites (tertiary alicyclic amines) is 2. The molecule has 4 aliphatic rings. The van der Waals surface area contributed by atoms with Crippen LogP contribution in [-0.4, -0.2) is 87.8 Å². The number of aromatic nitrogens is 2. The molecule has 1 unspecified atom stereocenters. The van der Waals surface area contributed by atoms with Crippen LogP contribution >= 0.6 is 0 Å². The number of rotatable bonds is 10. The molecule has 2 aliphatic heterocycles. The number of hydrogen-bond donors (Lipinski definition) is 0. The Kier molecular flexibility index (Phi) is 10.2. The number of halogens is 6. The first-order valence-corrected chi connectivity index (χ1v) is 19.1. The van der Waals surface area contributed by atoms with Gasteiger partial charge in [-0.25, -0.2) is 18.0 Å². The standard InChI is InChI=1S/C41H46F6N4O5/c1-37(2,3)56-35(53)33-31(27-11-14-40(43,44)15-12-27)5-4-6-32(33)55-18-13-29-22-49(23-38(29)24-50(25-38)36(54)39(16-17-39)41(45,46)47)34(52)28-19-48-51(21-28)20-26-7-9-30(42)10-8-26/h4-10,19,21,27,29H,11-18,20,22-25H2,1-3H3. The Hall–Kier alpha value is -4.56. The molecule has 1 aromatic heterocycles. The Labute approximate surface area is 321 Å². The van der Waals surface area contributed by atoms with E-state index >= 15 is 0 Å². The van der Waals surface area contributed by atoms with E-state index in [1.54, 1.807) is 66.9 Å².